The van der Waals surface area contributed by atoms with Gasteiger partial charge in [0.25, 0.3) is 5.56 Å². The number of esters is 1. The first-order valence-electron chi connectivity index (χ1n) is 14.0. The van der Waals surface area contributed by atoms with Crippen molar-refractivity contribution in [1.82, 2.24) is 4.57 Å². The summed E-state index contributed by atoms with van der Waals surface area (Å²) in [6.45, 7) is 3.73. The van der Waals surface area contributed by atoms with Crippen LogP contribution in [-0.2, 0) is 16.1 Å². The van der Waals surface area contributed by atoms with E-state index in [0.29, 0.717) is 59.2 Å². The number of hydrogen-bond acceptors (Lipinski definition) is 9. The van der Waals surface area contributed by atoms with Gasteiger partial charge in [0.15, 0.2) is 27.8 Å². The Morgan fingerprint density at radius 3 is 2.37 bits per heavy atom. The molecule has 0 radical (unpaired) electrons. The lowest BCUT2D eigenvalue weighted by Gasteiger charge is -2.25. The van der Waals surface area contributed by atoms with Crippen LogP contribution >= 0.6 is 46.1 Å². The fourth-order valence-corrected chi connectivity index (χ4v) is 6.82. The highest BCUT2D eigenvalue weighted by atomic mass is 35.5. The zero-order chi connectivity index (χ0) is 33.1. The van der Waals surface area contributed by atoms with Crippen LogP contribution in [0.15, 0.2) is 69.6 Å². The topological polar surface area (TPSA) is 97.6 Å². The molecular weight excluding hydrogens is 675 g/mol. The van der Waals surface area contributed by atoms with E-state index in [-0.39, 0.29) is 29.4 Å². The Balaban J connectivity index is 1.59. The fraction of sp³-hybridized carbons (Fsp3) is 0.242. The van der Waals surface area contributed by atoms with Gasteiger partial charge in [-0.2, -0.15) is 0 Å². The molecule has 1 aliphatic heterocycles. The van der Waals surface area contributed by atoms with Crippen molar-refractivity contribution < 1.29 is 28.5 Å². The van der Waals surface area contributed by atoms with Gasteiger partial charge >= 0.3 is 5.97 Å². The van der Waals surface area contributed by atoms with Gasteiger partial charge in [-0.15, -0.1) is 0 Å². The van der Waals surface area contributed by atoms with Gasteiger partial charge in [-0.3, -0.25) is 9.36 Å². The van der Waals surface area contributed by atoms with E-state index < -0.39 is 12.0 Å². The van der Waals surface area contributed by atoms with E-state index in [1.54, 1.807) is 68.5 Å². The van der Waals surface area contributed by atoms with E-state index in [1.807, 2.05) is 0 Å². The molecule has 240 valence electrons. The molecule has 1 atom stereocenters. The monoisotopic (exact) mass is 702 g/mol. The van der Waals surface area contributed by atoms with Crippen molar-refractivity contribution in [1.29, 1.82) is 0 Å². The molecule has 0 fully saturated rings. The minimum Gasteiger partial charge on any atom is -0.493 e. The zero-order valence-electron chi connectivity index (χ0n) is 25.5. The van der Waals surface area contributed by atoms with Crippen LogP contribution in [0.4, 0.5) is 0 Å². The molecule has 3 aromatic carbocycles. The summed E-state index contributed by atoms with van der Waals surface area (Å²) in [5, 5.41) is 1.25. The lowest BCUT2D eigenvalue weighted by molar-refractivity contribution is -0.139. The second-order valence-corrected chi connectivity index (χ2v) is 12.2. The highest BCUT2D eigenvalue weighted by Gasteiger charge is 2.34. The number of aromatic nitrogens is 1. The van der Waals surface area contributed by atoms with Crippen LogP contribution in [0.2, 0.25) is 15.1 Å². The number of benzene rings is 3. The summed E-state index contributed by atoms with van der Waals surface area (Å²) >= 11 is 20.1. The first kappa shape index (κ1) is 33.4. The van der Waals surface area contributed by atoms with Crippen LogP contribution in [0.3, 0.4) is 0 Å². The number of carbonyl (C=O) groups excluding carboxylic acids is 1. The normalized spacial score (nSPS) is 14.4. The van der Waals surface area contributed by atoms with Crippen LogP contribution in [0.1, 0.15) is 36.6 Å². The Bertz CT molecular complexity index is 2040. The first-order chi connectivity index (χ1) is 22.1. The van der Waals surface area contributed by atoms with Gasteiger partial charge in [0, 0.05) is 15.6 Å². The Kier molecular flexibility index (Phi) is 10.3. The van der Waals surface area contributed by atoms with E-state index in [4.69, 9.17) is 58.5 Å². The SMILES string of the molecule is CCOC(=O)C1=C(C)N=c2s/c(=C\c3cc(Cl)c(OCc4ccc(Cl)cc4Cl)c(OC)c3)c(=O)n2[C@H]1c1ccc(OC)c(OC)c1. The molecule has 0 amide bonds. The average Bonchev–Trinajstić information content (AvgIpc) is 3.33. The van der Waals surface area contributed by atoms with Gasteiger partial charge < -0.3 is 23.7 Å². The van der Waals surface area contributed by atoms with Gasteiger partial charge in [0.05, 0.1) is 54.8 Å². The van der Waals surface area contributed by atoms with Gasteiger partial charge in [0.1, 0.15) is 6.61 Å². The van der Waals surface area contributed by atoms with Crippen molar-refractivity contribution in [3.63, 3.8) is 0 Å². The molecule has 5 rings (SSSR count). The first-order valence-corrected chi connectivity index (χ1v) is 15.9. The van der Waals surface area contributed by atoms with Crippen molar-refractivity contribution in [2.75, 3.05) is 27.9 Å². The fourth-order valence-electron chi connectivity index (χ4n) is 5.03. The summed E-state index contributed by atoms with van der Waals surface area (Å²) in [4.78, 5) is 32.4. The molecule has 0 spiro atoms. The molecule has 4 aromatic rings. The molecule has 2 heterocycles. The average molecular weight is 704 g/mol. The highest BCUT2D eigenvalue weighted by Crippen LogP contribution is 2.38. The Morgan fingerprint density at radius 2 is 1.70 bits per heavy atom. The second-order valence-electron chi connectivity index (χ2n) is 9.98. The maximum Gasteiger partial charge on any atom is 0.338 e. The molecule has 0 saturated carbocycles. The number of nitrogens with zero attached hydrogens (tertiary/aromatic N) is 2. The maximum atomic E-state index is 14.1. The summed E-state index contributed by atoms with van der Waals surface area (Å²) in [7, 11) is 4.54. The number of allylic oxidation sites excluding steroid dienone is 1. The summed E-state index contributed by atoms with van der Waals surface area (Å²) in [5.74, 6) is 1.07. The maximum absolute atomic E-state index is 14.1. The zero-order valence-corrected chi connectivity index (χ0v) is 28.6. The molecule has 13 heteroatoms. The third-order valence-corrected chi connectivity index (χ3v) is 9.03. The van der Waals surface area contributed by atoms with Crippen molar-refractivity contribution in [2.24, 2.45) is 4.99 Å². The van der Waals surface area contributed by atoms with Gasteiger partial charge in [-0.05, 0) is 67.4 Å². The molecule has 0 saturated heterocycles. The smallest absolute Gasteiger partial charge is 0.338 e. The largest absolute Gasteiger partial charge is 0.493 e. The molecule has 0 N–H and O–H groups in total. The van der Waals surface area contributed by atoms with Crippen LogP contribution in [-0.4, -0.2) is 38.5 Å². The van der Waals surface area contributed by atoms with E-state index in [1.165, 1.54) is 37.2 Å². The minimum absolute atomic E-state index is 0.127. The second kappa shape index (κ2) is 14.2. The molecular formula is C33H29Cl3N2O7S. The van der Waals surface area contributed by atoms with Crippen molar-refractivity contribution >= 4 is 58.2 Å². The quantitative estimate of drug-likeness (QED) is 0.177. The summed E-state index contributed by atoms with van der Waals surface area (Å²) in [6, 6.07) is 12.9. The van der Waals surface area contributed by atoms with E-state index in [0.717, 1.165) is 5.56 Å². The predicted octanol–water partition coefficient (Wildman–Crippen LogP) is 6.36. The summed E-state index contributed by atoms with van der Waals surface area (Å²) in [6.07, 6.45) is 1.69. The number of rotatable bonds is 10. The van der Waals surface area contributed by atoms with E-state index in [9.17, 15) is 9.59 Å². The number of carbonyl (C=O) groups is 1. The van der Waals surface area contributed by atoms with Gasteiger partial charge in [0.2, 0.25) is 0 Å². The summed E-state index contributed by atoms with van der Waals surface area (Å²) in [5.41, 5.74) is 2.27. The summed E-state index contributed by atoms with van der Waals surface area (Å²) < 4.78 is 29.7. The Labute approximate surface area is 283 Å². The molecule has 9 nitrogen and oxygen atoms in total. The van der Waals surface area contributed by atoms with Crippen LogP contribution in [0.25, 0.3) is 6.08 Å². The number of thiazole rings is 1. The number of halogens is 3. The molecule has 1 aromatic heterocycles. The highest BCUT2D eigenvalue weighted by molar-refractivity contribution is 7.07. The number of methoxy groups -OCH3 is 3. The van der Waals surface area contributed by atoms with E-state index in [2.05, 4.69) is 4.99 Å². The third kappa shape index (κ3) is 6.62. The minimum atomic E-state index is -0.828. The van der Waals surface area contributed by atoms with Crippen molar-refractivity contribution in [3.8, 4) is 23.0 Å². The number of fused-ring (bicyclic) bond motifs is 1. The van der Waals surface area contributed by atoms with Crippen LogP contribution in [0.5, 0.6) is 23.0 Å². The van der Waals surface area contributed by atoms with Crippen molar-refractivity contribution in [2.45, 2.75) is 26.5 Å². The molecule has 46 heavy (non-hydrogen) atoms. The number of hydrogen-bond donors (Lipinski definition) is 0. The van der Waals surface area contributed by atoms with Gasteiger partial charge in [-0.25, -0.2) is 9.79 Å². The van der Waals surface area contributed by atoms with Crippen LogP contribution in [0, 0.1) is 0 Å². The van der Waals surface area contributed by atoms with Gasteiger partial charge in [-0.1, -0.05) is 58.3 Å². The Morgan fingerprint density at radius 1 is 0.957 bits per heavy atom. The third-order valence-electron chi connectivity index (χ3n) is 7.18. The molecule has 0 aliphatic carbocycles. The number of ether oxygens (including phenoxy) is 5. The standard InChI is InChI=1S/C33H29Cl3N2O7S/c1-6-44-32(40)28-17(2)37-33-38(29(28)19-8-10-24(41-3)25(14-19)42-4)31(39)27(46-33)13-18-11-23(36)30(26(12-18)43-5)45-16-20-7-9-21(34)15-22(20)35/h7-15,29H,6,16H2,1-5H3/b27-13-/t29-/m0/s1. The van der Waals surface area contributed by atoms with E-state index >= 15 is 0 Å². The van der Waals surface area contributed by atoms with Crippen LogP contribution < -0.4 is 33.8 Å². The molecule has 0 bridgehead atoms. The lowest BCUT2D eigenvalue weighted by atomic mass is 9.95. The lowest BCUT2D eigenvalue weighted by Crippen LogP contribution is -2.40. The van der Waals surface area contributed by atoms with Crippen molar-refractivity contribution in [3.05, 3.63) is 111 Å². The predicted molar refractivity (Wildman–Crippen MR) is 179 cm³/mol. The molecule has 1 aliphatic rings. The Hall–Kier alpha value is -3.96. The molecule has 0 unspecified atom stereocenters.